The van der Waals surface area contributed by atoms with Crippen LogP contribution < -0.4 is 25.0 Å². The van der Waals surface area contributed by atoms with Crippen LogP contribution in [0.15, 0.2) is 42.5 Å². The largest absolute Gasteiger partial charge is 0.486 e. The molecule has 0 saturated heterocycles. The molecule has 2 aromatic carbocycles. The van der Waals surface area contributed by atoms with Crippen molar-refractivity contribution in [3.05, 3.63) is 48.3 Å². The molecule has 27 heavy (non-hydrogen) atoms. The molecule has 0 unspecified atom stereocenters. The number of carbonyl (C=O) groups excluding carboxylic acids is 2. The highest BCUT2D eigenvalue weighted by Gasteiger charge is 2.15. The van der Waals surface area contributed by atoms with Crippen LogP contribution in [0.1, 0.15) is 6.92 Å². The van der Waals surface area contributed by atoms with E-state index in [1.807, 2.05) is 6.92 Å². The monoisotopic (exact) mass is 373 g/mol. The van der Waals surface area contributed by atoms with Crippen molar-refractivity contribution in [2.75, 3.05) is 36.5 Å². The van der Waals surface area contributed by atoms with Gasteiger partial charge in [-0.1, -0.05) is 0 Å². The van der Waals surface area contributed by atoms with Gasteiger partial charge in [0.1, 0.15) is 19.0 Å². The summed E-state index contributed by atoms with van der Waals surface area (Å²) < 4.78 is 23.9. The molecule has 0 bridgehead atoms. The van der Waals surface area contributed by atoms with Gasteiger partial charge in [0.25, 0.3) is 0 Å². The standard InChI is InChI=1S/C19H20FN3O4/c1-2-23(15-6-3-13(20)4-7-15)12-18(24)22-19(25)21-14-5-8-16-17(11-14)27-10-9-26-16/h3-8,11H,2,9-10,12H2,1H3,(H2,21,22,24,25). The van der Waals surface area contributed by atoms with Crippen molar-refractivity contribution in [1.82, 2.24) is 5.32 Å². The average molecular weight is 373 g/mol. The molecule has 2 aromatic rings. The number of benzene rings is 2. The maximum Gasteiger partial charge on any atom is 0.325 e. The molecule has 0 fully saturated rings. The summed E-state index contributed by atoms with van der Waals surface area (Å²) in [5.41, 5.74) is 1.18. The van der Waals surface area contributed by atoms with E-state index in [4.69, 9.17) is 9.47 Å². The van der Waals surface area contributed by atoms with Gasteiger partial charge in [0.05, 0.1) is 6.54 Å². The van der Waals surface area contributed by atoms with Crippen LogP contribution in [-0.2, 0) is 4.79 Å². The first-order valence-corrected chi connectivity index (χ1v) is 8.56. The molecular weight excluding hydrogens is 353 g/mol. The fraction of sp³-hybridized carbons (Fsp3) is 0.263. The maximum absolute atomic E-state index is 13.0. The number of amides is 3. The third-order valence-electron chi connectivity index (χ3n) is 3.96. The highest BCUT2D eigenvalue weighted by molar-refractivity contribution is 6.02. The first-order valence-electron chi connectivity index (χ1n) is 8.56. The van der Waals surface area contributed by atoms with Crippen molar-refractivity contribution >= 4 is 23.3 Å². The minimum absolute atomic E-state index is 0.0311. The second-order valence-corrected chi connectivity index (χ2v) is 5.85. The summed E-state index contributed by atoms with van der Waals surface area (Å²) in [7, 11) is 0. The van der Waals surface area contributed by atoms with E-state index >= 15 is 0 Å². The normalized spacial score (nSPS) is 12.2. The van der Waals surface area contributed by atoms with Gasteiger partial charge in [-0.3, -0.25) is 10.1 Å². The van der Waals surface area contributed by atoms with E-state index in [-0.39, 0.29) is 12.4 Å². The molecule has 0 atom stereocenters. The predicted octanol–water partition coefficient (Wildman–Crippen LogP) is 2.77. The Morgan fingerprint density at radius 2 is 1.78 bits per heavy atom. The molecule has 1 aliphatic heterocycles. The molecule has 0 aliphatic carbocycles. The second-order valence-electron chi connectivity index (χ2n) is 5.85. The Morgan fingerprint density at radius 1 is 1.07 bits per heavy atom. The molecule has 0 aromatic heterocycles. The third kappa shape index (κ3) is 4.87. The lowest BCUT2D eigenvalue weighted by Crippen LogP contribution is -2.42. The number of nitrogens with one attached hydrogen (secondary N) is 2. The van der Waals surface area contributed by atoms with E-state index < -0.39 is 11.9 Å². The van der Waals surface area contributed by atoms with Crippen LogP contribution in [0.4, 0.5) is 20.6 Å². The number of rotatable bonds is 5. The van der Waals surface area contributed by atoms with Gasteiger partial charge < -0.3 is 19.7 Å². The molecule has 3 amide bonds. The van der Waals surface area contributed by atoms with Crippen molar-refractivity contribution in [3.63, 3.8) is 0 Å². The summed E-state index contributed by atoms with van der Waals surface area (Å²) in [5, 5.41) is 4.86. The third-order valence-corrected chi connectivity index (χ3v) is 3.96. The topological polar surface area (TPSA) is 79.9 Å². The number of carbonyl (C=O) groups is 2. The summed E-state index contributed by atoms with van der Waals surface area (Å²) in [6.07, 6.45) is 0. The Labute approximate surface area is 156 Å². The lowest BCUT2D eigenvalue weighted by molar-refractivity contribution is -0.118. The number of imide groups is 1. The van der Waals surface area contributed by atoms with E-state index in [0.29, 0.717) is 42.6 Å². The number of nitrogens with zero attached hydrogens (tertiary/aromatic N) is 1. The van der Waals surface area contributed by atoms with E-state index in [1.165, 1.54) is 12.1 Å². The molecule has 7 nitrogen and oxygen atoms in total. The number of ether oxygens (including phenoxy) is 2. The van der Waals surface area contributed by atoms with E-state index in [1.54, 1.807) is 35.2 Å². The van der Waals surface area contributed by atoms with Gasteiger partial charge in [-0.2, -0.15) is 0 Å². The lowest BCUT2D eigenvalue weighted by Gasteiger charge is -2.22. The Bertz CT molecular complexity index is 826. The van der Waals surface area contributed by atoms with Gasteiger partial charge in [-0.25, -0.2) is 9.18 Å². The zero-order valence-electron chi connectivity index (χ0n) is 14.8. The highest BCUT2D eigenvalue weighted by Crippen LogP contribution is 2.32. The number of halogens is 1. The Hall–Kier alpha value is -3.29. The number of fused-ring (bicyclic) bond motifs is 1. The van der Waals surface area contributed by atoms with Gasteiger partial charge in [-0.05, 0) is 43.3 Å². The second kappa shape index (κ2) is 8.39. The van der Waals surface area contributed by atoms with Gasteiger partial charge in [0.15, 0.2) is 11.5 Å². The molecule has 1 heterocycles. The van der Waals surface area contributed by atoms with Gasteiger partial charge in [-0.15, -0.1) is 0 Å². The van der Waals surface area contributed by atoms with Gasteiger partial charge in [0, 0.05) is 24.0 Å². The zero-order chi connectivity index (χ0) is 19.2. The van der Waals surface area contributed by atoms with E-state index in [2.05, 4.69) is 10.6 Å². The molecule has 3 rings (SSSR count). The minimum atomic E-state index is -0.646. The molecule has 0 radical (unpaired) electrons. The van der Waals surface area contributed by atoms with Crippen LogP contribution in [-0.4, -0.2) is 38.2 Å². The van der Waals surface area contributed by atoms with Crippen molar-refractivity contribution in [2.24, 2.45) is 0 Å². The highest BCUT2D eigenvalue weighted by atomic mass is 19.1. The Balaban J connectivity index is 1.55. The molecule has 0 saturated carbocycles. The van der Waals surface area contributed by atoms with Crippen molar-refractivity contribution < 1.29 is 23.5 Å². The van der Waals surface area contributed by atoms with E-state index in [9.17, 15) is 14.0 Å². The van der Waals surface area contributed by atoms with Crippen LogP contribution in [0.25, 0.3) is 0 Å². The van der Waals surface area contributed by atoms with Crippen molar-refractivity contribution in [2.45, 2.75) is 6.92 Å². The number of likely N-dealkylation sites (N-methyl/N-ethyl adjacent to an activating group) is 1. The predicted molar refractivity (Wildman–Crippen MR) is 98.9 cm³/mol. The summed E-state index contributed by atoms with van der Waals surface area (Å²) in [6, 6.07) is 10.2. The van der Waals surface area contributed by atoms with Gasteiger partial charge in [0.2, 0.25) is 5.91 Å². The summed E-state index contributed by atoms with van der Waals surface area (Å²) in [5.74, 6) is 0.328. The summed E-state index contributed by atoms with van der Waals surface area (Å²) >= 11 is 0. The number of anilines is 2. The first kappa shape index (κ1) is 18.5. The summed E-state index contributed by atoms with van der Waals surface area (Å²) in [4.78, 5) is 25.9. The molecular formula is C19H20FN3O4. The molecule has 0 spiro atoms. The number of hydrogen-bond acceptors (Lipinski definition) is 5. The van der Waals surface area contributed by atoms with Crippen LogP contribution in [0.5, 0.6) is 11.5 Å². The lowest BCUT2D eigenvalue weighted by atomic mass is 10.2. The Morgan fingerprint density at radius 3 is 2.48 bits per heavy atom. The van der Waals surface area contributed by atoms with Crippen molar-refractivity contribution in [1.29, 1.82) is 0 Å². The summed E-state index contributed by atoms with van der Waals surface area (Å²) in [6.45, 7) is 3.29. The molecule has 2 N–H and O–H groups in total. The fourth-order valence-corrected chi connectivity index (χ4v) is 2.66. The fourth-order valence-electron chi connectivity index (χ4n) is 2.66. The van der Waals surface area contributed by atoms with E-state index in [0.717, 1.165) is 0 Å². The zero-order valence-corrected chi connectivity index (χ0v) is 14.8. The van der Waals surface area contributed by atoms with Crippen LogP contribution in [0.3, 0.4) is 0 Å². The van der Waals surface area contributed by atoms with Crippen LogP contribution in [0, 0.1) is 5.82 Å². The molecule has 142 valence electrons. The smallest absolute Gasteiger partial charge is 0.325 e. The molecule has 8 heteroatoms. The van der Waals surface area contributed by atoms with Crippen LogP contribution in [0.2, 0.25) is 0 Å². The first-order chi connectivity index (χ1) is 13.0. The van der Waals surface area contributed by atoms with Crippen LogP contribution >= 0.6 is 0 Å². The van der Waals surface area contributed by atoms with Gasteiger partial charge >= 0.3 is 6.03 Å². The SMILES string of the molecule is CCN(CC(=O)NC(=O)Nc1ccc2c(c1)OCCO2)c1ccc(F)cc1. The minimum Gasteiger partial charge on any atom is -0.486 e. The average Bonchev–Trinajstić information content (AvgIpc) is 2.66. The Kier molecular flexibility index (Phi) is 5.75. The molecule has 1 aliphatic rings. The number of urea groups is 1. The van der Waals surface area contributed by atoms with Crippen molar-refractivity contribution in [3.8, 4) is 11.5 Å². The maximum atomic E-state index is 13.0. The quantitative estimate of drug-likeness (QED) is 0.843. The number of hydrogen-bond donors (Lipinski definition) is 2.